The SMILES string of the molecule is C[C@H](N)c1cc2cccc(Cl)c2c(C(=O)N2CCOCC2)n1.C[C@H](Nc1ncnc2c1ncn2C1CCCCO1)c1cc2cccc(-c3cnn(C)c3)c2c(C(=O)N2CCOCC2)n1.C[C@H](Nc1ncnc2c1ncn2C1CCCCO1)c1cc2cccc(Cl)c2c(C(=O)N2CCOCC2)n1. The molecule has 524 valence electrons. The van der Waals surface area contributed by atoms with Crippen LogP contribution in [0, 0.1) is 0 Å². The van der Waals surface area contributed by atoms with E-state index < -0.39 is 0 Å². The van der Waals surface area contributed by atoms with Crippen LogP contribution in [0.4, 0.5) is 11.6 Å². The highest BCUT2D eigenvalue weighted by Gasteiger charge is 2.31. The maximum Gasteiger partial charge on any atom is 0.273 e. The molecule has 29 heteroatoms. The Bertz CT molecular complexity index is 4830. The first-order chi connectivity index (χ1) is 49.2. The number of nitrogens with two attached hydrogens (primary N) is 1. The van der Waals surface area contributed by atoms with Gasteiger partial charge in [0.2, 0.25) is 0 Å². The van der Waals surface area contributed by atoms with Crippen molar-refractivity contribution in [3.05, 3.63) is 155 Å². The number of pyridine rings is 3. The second-order valence-electron chi connectivity index (χ2n) is 25.6. The van der Waals surface area contributed by atoms with Gasteiger partial charge in [-0.15, -0.1) is 0 Å². The summed E-state index contributed by atoms with van der Waals surface area (Å²) in [5.41, 5.74) is 13.8. The van der Waals surface area contributed by atoms with Crippen molar-refractivity contribution in [3.63, 3.8) is 0 Å². The molecule has 3 aromatic carbocycles. The van der Waals surface area contributed by atoms with E-state index in [-0.39, 0.29) is 48.3 Å². The van der Waals surface area contributed by atoms with Crippen molar-refractivity contribution in [1.29, 1.82) is 0 Å². The van der Waals surface area contributed by atoms with E-state index in [1.54, 1.807) is 45.6 Å². The number of fused-ring (bicyclic) bond motifs is 5. The van der Waals surface area contributed by atoms with Crippen molar-refractivity contribution in [1.82, 2.24) is 78.5 Å². The average Bonchev–Trinajstić information content (AvgIpc) is 1.37. The largest absolute Gasteiger partial charge is 0.378 e. The first kappa shape index (κ1) is 68.7. The number of imidazole rings is 2. The Morgan fingerprint density at radius 1 is 0.525 bits per heavy atom. The van der Waals surface area contributed by atoms with E-state index >= 15 is 0 Å². The Morgan fingerprint density at radius 2 is 0.941 bits per heavy atom. The normalized spacial score (nSPS) is 18.4. The molecular formula is C72H79Cl2N19O8. The van der Waals surface area contributed by atoms with Crippen molar-refractivity contribution in [2.24, 2.45) is 12.8 Å². The summed E-state index contributed by atoms with van der Waals surface area (Å²) in [6.45, 7) is 13.7. The van der Waals surface area contributed by atoms with Gasteiger partial charge in [0.15, 0.2) is 34.0 Å². The number of ether oxygens (including phenoxy) is 5. The lowest BCUT2D eigenvalue weighted by Crippen LogP contribution is -2.41. The van der Waals surface area contributed by atoms with Crippen LogP contribution in [-0.4, -0.2) is 188 Å². The van der Waals surface area contributed by atoms with Gasteiger partial charge in [-0.05, 0) is 111 Å². The number of rotatable bonds is 13. The standard InChI is InChI=1S/C30H33N9O3.C26H28ClN7O3.C16H18ClN3O2/c1-19(35-28-27-29(32-17-31-28)39(18-33-27)24-8-3-4-11-42-24)23-14-20-6-5-7-22(21-15-34-37(2)16-21)25(20)26(36-23)30(40)38-9-12-41-13-10-38;1-16(31-24-23-25(29-14-28-24)34(15-30-23)20-7-2-3-10-37-20)19-13-17-5-4-6-18(27)21(17)22(32-19)26(35)33-8-11-36-12-9-33;1-10(18)13-9-11-3-2-4-12(17)14(11)15(19-13)16(21)20-5-7-22-8-6-20/h5-7,14-19,24H,3-4,8-13H2,1-2H3,(H,31,32,35);4-6,13-16,20H,2-3,7-12H2,1H3,(H,28,29,31);2-4,9-10H,5-8,18H2,1H3/t19-,24?;16-,20?;10-/m000/s1. The van der Waals surface area contributed by atoms with Gasteiger partial charge in [-0.3, -0.25) is 28.2 Å². The molecule has 5 fully saturated rings. The molecule has 5 saturated heterocycles. The first-order valence-corrected chi connectivity index (χ1v) is 35.1. The van der Waals surface area contributed by atoms with Crippen LogP contribution in [-0.2, 0) is 30.7 Å². The van der Waals surface area contributed by atoms with E-state index in [9.17, 15) is 14.4 Å². The summed E-state index contributed by atoms with van der Waals surface area (Å²) in [6.07, 6.45) is 16.4. The van der Waals surface area contributed by atoms with E-state index in [2.05, 4.69) is 50.6 Å². The Morgan fingerprint density at radius 3 is 1.36 bits per heavy atom. The Labute approximate surface area is 592 Å². The summed E-state index contributed by atoms with van der Waals surface area (Å²) >= 11 is 12.9. The number of hydrogen-bond donors (Lipinski definition) is 3. The summed E-state index contributed by atoms with van der Waals surface area (Å²) in [5.74, 6) is 0.828. The highest BCUT2D eigenvalue weighted by molar-refractivity contribution is 6.37. The minimum atomic E-state index is -0.276. The average molecular weight is 1410 g/mol. The summed E-state index contributed by atoms with van der Waals surface area (Å²) < 4.78 is 33.9. The zero-order chi connectivity index (χ0) is 69.7. The molecule has 3 amide bonds. The van der Waals surface area contributed by atoms with Crippen molar-refractivity contribution in [2.45, 2.75) is 89.9 Å². The second-order valence-corrected chi connectivity index (χ2v) is 26.5. The first-order valence-electron chi connectivity index (χ1n) is 34.3. The number of nitrogens with one attached hydrogen (secondary N) is 2. The highest BCUT2D eigenvalue weighted by atomic mass is 35.5. The van der Waals surface area contributed by atoms with Crippen molar-refractivity contribution in [2.75, 3.05) is 103 Å². The lowest BCUT2D eigenvalue weighted by Gasteiger charge is -2.27. The Kier molecular flexibility index (Phi) is 20.9. The number of anilines is 2. The fraction of sp³-hybridized carbons (Fsp3) is 0.403. The van der Waals surface area contributed by atoms with Crippen molar-refractivity contribution in [3.8, 4) is 11.1 Å². The van der Waals surface area contributed by atoms with Gasteiger partial charge in [0.05, 0.1) is 97.7 Å². The van der Waals surface area contributed by atoms with E-state index in [0.717, 1.165) is 101 Å². The van der Waals surface area contributed by atoms with E-state index in [1.807, 2.05) is 115 Å². The monoisotopic (exact) mass is 1410 g/mol. The number of morpholine rings is 3. The molecule has 5 aliphatic rings. The number of carbonyl (C=O) groups is 3. The summed E-state index contributed by atoms with van der Waals surface area (Å²) in [4.78, 5) is 87.2. The molecule has 27 nitrogen and oxygen atoms in total. The lowest BCUT2D eigenvalue weighted by atomic mass is 9.97. The van der Waals surface area contributed by atoms with Crippen LogP contribution < -0.4 is 16.4 Å². The number of benzene rings is 3. The molecule has 11 aromatic rings. The van der Waals surface area contributed by atoms with E-state index in [4.69, 9.17) is 62.6 Å². The third kappa shape index (κ3) is 14.7. The molecule has 0 bridgehead atoms. The van der Waals surface area contributed by atoms with Crippen LogP contribution in [0.25, 0.3) is 65.8 Å². The predicted octanol–water partition coefficient (Wildman–Crippen LogP) is 10.9. The Hall–Kier alpha value is -9.45. The zero-order valence-electron chi connectivity index (χ0n) is 56.7. The maximum atomic E-state index is 14.0. The Balaban J connectivity index is 0.000000135. The van der Waals surface area contributed by atoms with E-state index in [1.165, 1.54) is 6.33 Å². The number of hydrogen-bond acceptors (Lipinski definition) is 21. The van der Waals surface area contributed by atoms with Gasteiger partial charge in [0.1, 0.15) is 42.2 Å². The molecule has 4 N–H and O–H groups in total. The van der Waals surface area contributed by atoms with Gasteiger partial charge in [-0.2, -0.15) is 5.10 Å². The van der Waals surface area contributed by atoms with Gasteiger partial charge in [0.25, 0.3) is 17.7 Å². The van der Waals surface area contributed by atoms with Crippen LogP contribution in [0.15, 0.2) is 110 Å². The highest BCUT2D eigenvalue weighted by Crippen LogP contribution is 2.37. The smallest absolute Gasteiger partial charge is 0.273 e. The quantitative estimate of drug-likeness (QED) is 0.0966. The molecular weight excluding hydrogens is 1330 g/mol. The number of amides is 3. The van der Waals surface area contributed by atoms with Crippen LogP contribution >= 0.6 is 23.2 Å². The maximum absolute atomic E-state index is 14.0. The molecule has 8 aromatic heterocycles. The number of aromatic nitrogens is 13. The van der Waals surface area contributed by atoms with Crippen LogP contribution in [0.3, 0.4) is 0 Å². The van der Waals surface area contributed by atoms with Gasteiger partial charge in [0, 0.05) is 93.5 Å². The summed E-state index contributed by atoms with van der Waals surface area (Å²) in [6, 6.07) is 22.3. The molecule has 13 heterocycles. The molecule has 101 heavy (non-hydrogen) atoms. The van der Waals surface area contributed by atoms with Gasteiger partial charge >= 0.3 is 0 Å². The molecule has 16 rings (SSSR count). The van der Waals surface area contributed by atoms with Crippen molar-refractivity contribution < 1.29 is 38.1 Å². The number of aryl methyl sites for hydroxylation is 1. The predicted molar refractivity (Wildman–Crippen MR) is 383 cm³/mol. The fourth-order valence-electron chi connectivity index (χ4n) is 13.4. The summed E-state index contributed by atoms with van der Waals surface area (Å²) in [5, 5.41) is 17.1. The topological polar surface area (TPSA) is 301 Å². The molecule has 0 aliphatic carbocycles. The van der Waals surface area contributed by atoms with Gasteiger partial charge in [-0.1, -0.05) is 65.7 Å². The molecule has 0 spiro atoms. The molecule has 0 saturated carbocycles. The molecule has 5 atom stereocenters. The van der Waals surface area contributed by atoms with Crippen LogP contribution in [0.5, 0.6) is 0 Å². The molecule has 0 radical (unpaired) electrons. The fourth-order valence-corrected chi connectivity index (χ4v) is 13.9. The van der Waals surface area contributed by atoms with Crippen LogP contribution in [0.1, 0.15) is 138 Å². The minimum absolute atomic E-state index is 0.0698. The van der Waals surface area contributed by atoms with Crippen LogP contribution in [0.2, 0.25) is 10.0 Å². The second kappa shape index (κ2) is 30.8. The van der Waals surface area contributed by atoms with Gasteiger partial charge < -0.3 is 54.8 Å². The third-order valence-corrected chi connectivity index (χ3v) is 19.4. The number of nitrogens with zero attached hydrogens (tertiary/aromatic N) is 16. The van der Waals surface area contributed by atoms with Gasteiger partial charge in [-0.25, -0.2) is 44.9 Å². The minimum Gasteiger partial charge on any atom is -0.378 e. The lowest BCUT2D eigenvalue weighted by molar-refractivity contribution is -0.0299. The summed E-state index contributed by atoms with van der Waals surface area (Å²) in [7, 11) is 1.88. The molecule has 2 unspecified atom stereocenters. The zero-order valence-corrected chi connectivity index (χ0v) is 58.2. The third-order valence-electron chi connectivity index (χ3n) is 18.8. The van der Waals surface area contributed by atoms with E-state index in [0.29, 0.717) is 151 Å². The molecule has 5 aliphatic heterocycles. The number of carbonyl (C=O) groups excluding carboxylic acids is 3. The van der Waals surface area contributed by atoms with Crippen molar-refractivity contribution >= 4 is 107 Å². The number of halogens is 2.